The van der Waals surface area contributed by atoms with Gasteiger partial charge in [0.2, 0.25) is 0 Å². The van der Waals surface area contributed by atoms with Crippen molar-refractivity contribution in [3.05, 3.63) is 47.0 Å². The van der Waals surface area contributed by atoms with Gasteiger partial charge in [0.15, 0.2) is 0 Å². The summed E-state index contributed by atoms with van der Waals surface area (Å²) in [6.45, 7) is 7.36. The summed E-state index contributed by atoms with van der Waals surface area (Å²) in [7, 11) is 0. The molecule has 1 aromatic rings. The third-order valence-electron chi connectivity index (χ3n) is 5.67. The van der Waals surface area contributed by atoms with E-state index in [1.807, 2.05) is 18.2 Å². The minimum atomic E-state index is 0.0727. The number of carbonyl (C=O) groups excluding carboxylic acids is 1. The lowest BCUT2D eigenvalue weighted by molar-refractivity contribution is 0.0594. The number of nitrogens with zero attached hydrogens (tertiary/aromatic N) is 1. The molecule has 4 unspecified atom stereocenters. The fourth-order valence-corrected chi connectivity index (χ4v) is 4.16. The number of fused-ring (bicyclic) bond motifs is 2. The monoisotopic (exact) mass is 331 g/mol. The highest BCUT2D eigenvalue weighted by Crippen LogP contribution is 2.44. The van der Waals surface area contributed by atoms with Gasteiger partial charge in [-0.05, 0) is 55.6 Å². The summed E-state index contributed by atoms with van der Waals surface area (Å²) in [5.41, 5.74) is 0.625. The molecule has 2 aliphatic rings. The van der Waals surface area contributed by atoms with Crippen LogP contribution in [0.1, 0.15) is 44.0 Å². The molecule has 2 nitrogen and oxygen atoms in total. The van der Waals surface area contributed by atoms with E-state index in [0.29, 0.717) is 28.3 Å². The van der Waals surface area contributed by atoms with Crippen LogP contribution in [-0.2, 0) is 0 Å². The molecule has 0 saturated heterocycles. The van der Waals surface area contributed by atoms with E-state index in [2.05, 4.69) is 37.8 Å². The van der Waals surface area contributed by atoms with Gasteiger partial charge < -0.3 is 4.90 Å². The van der Waals surface area contributed by atoms with E-state index < -0.39 is 0 Å². The van der Waals surface area contributed by atoms with E-state index in [1.54, 1.807) is 6.07 Å². The average molecular weight is 332 g/mol. The van der Waals surface area contributed by atoms with Crippen molar-refractivity contribution < 1.29 is 4.79 Å². The Morgan fingerprint density at radius 3 is 2.52 bits per heavy atom. The van der Waals surface area contributed by atoms with Crippen LogP contribution < -0.4 is 0 Å². The standard InChI is InChI=1S/C20H26ClNO/c1-13(2)14(3)22(12-17-11-15-8-9-16(17)10-15)20(23)18-6-4-5-7-19(18)21/h4-9,13-17H,10-12H2,1-3H3. The SMILES string of the molecule is CC(C)C(C)N(CC1CC2C=CC1C2)C(=O)c1ccccc1Cl. The van der Waals surface area contributed by atoms with E-state index in [0.717, 1.165) is 12.5 Å². The highest BCUT2D eigenvalue weighted by molar-refractivity contribution is 6.33. The van der Waals surface area contributed by atoms with Gasteiger partial charge in [-0.25, -0.2) is 0 Å². The van der Waals surface area contributed by atoms with Crippen LogP contribution >= 0.6 is 11.6 Å². The second-order valence-electron chi connectivity index (χ2n) is 7.46. The first-order valence-corrected chi connectivity index (χ1v) is 9.09. The summed E-state index contributed by atoms with van der Waals surface area (Å²) < 4.78 is 0. The molecule has 124 valence electrons. The quantitative estimate of drug-likeness (QED) is 0.692. The molecule has 1 saturated carbocycles. The van der Waals surface area contributed by atoms with Gasteiger partial charge in [0, 0.05) is 12.6 Å². The summed E-state index contributed by atoms with van der Waals surface area (Å²) in [6, 6.07) is 7.61. The maximum atomic E-state index is 13.1. The van der Waals surface area contributed by atoms with Gasteiger partial charge in [0.1, 0.15) is 0 Å². The third-order valence-corrected chi connectivity index (χ3v) is 6.00. The predicted octanol–water partition coefficient (Wildman–Crippen LogP) is 5.04. The molecule has 0 aromatic heterocycles. The molecule has 3 heteroatoms. The average Bonchev–Trinajstić information content (AvgIpc) is 3.14. The topological polar surface area (TPSA) is 20.3 Å². The Morgan fingerprint density at radius 2 is 1.96 bits per heavy atom. The number of benzene rings is 1. The van der Waals surface area contributed by atoms with Crippen molar-refractivity contribution in [2.45, 2.75) is 39.7 Å². The van der Waals surface area contributed by atoms with Crippen LogP contribution in [0.3, 0.4) is 0 Å². The van der Waals surface area contributed by atoms with Gasteiger partial charge in [-0.3, -0.25) is 4.79 Å². The lowest BCUT2D eigenvalue weighted by Gasteiger charge is -2.35. The molecule has 3 rings (SSSR count). The van der Waals surface area contributed by atoms with Crippen molar-refractivity contribution in [2.24, 2.45) is 23.7 Å². The van der Waals surface area contributed by atoms with Crippen LogP contribution in [0.4, 0.5) is 0 Å². The summed E-state index contributed by atoms with van der Waals surface area (Å²) >= 11 is 6.27. The zero-order valence-electron chi connectivity index (χ0n) is 14.2. The molecule has 0 heterocycles. The van der Waals surface area contributed by atoms with Crippen molar-refractivity contribution in [1.29, 1.82) is 0 Å². The Balaban J connectivity index is 1.82. The first kappa shape index (κ1) is 16.6. The van der Waals surface area contributed by atoms with Crippen LogP contribution in [0.5, 0.6) is 0 Å². The molecular formula is C20H26ClNO. The number of hydrogen-bond acceptors (Lipinski definition) is 1. The lowest BCUT2D eigenvalue weighted by Crippen LogP contribution is -2.45. The molecule has 2 bridgehead atoms. The summed E-state index contributed by atoms with van der Waals surface area (Å²) in [4.78, 5) is 15.2. The maximum absolute atomic E-state index is 13.1. The van der Waals surface area contributed by atoms with Crippen molar-refractivity contribution in [2.75, 3.05) is 6.54 Å². The fraction of sp³-hybridized carbons (Fsp3) is 0.550. The van der Waals surface area contributed by atoms with Gasteiger partial charge in [0.25, 0.3) is 5.91 Å². The fourth-order valence-electron chi connectivity index (χ4n) is 3.94. The summed E-state index contributed by atoms with van der Waals surface area (Å²) in [5, 5.41) is 0.547. The smallest absolute Gasteiger partial charge is 0.255 e. The Labute approximate surface area is 144 Å². The third kappa shape index (κ3) is 3.33. The van der Waals surface area contributed by atoms with Crippen molar-refractivity contribution >= 4 is 17.5 Å². The molecule has 1 amide bonds. The molecule has 1 aromatic carbocycles. The van der Waals surface area contributed by atoms with Crippen LogP contribution in [0.15, 0.2) is 36.4 Å². The zero-order chi connectivity index (χ0) is 16.6. The Morgan fingerprint density at radius 1 is 1.22 bits per heavy atom. The highest BCUT2D eigenvalue weighted by atomic mass is 35.5. The number of rotatable bonds is 5. The highest BCUT2D eigenvalue weighted by Gasteiger charge is 2.38. The van der Waals surface area contributed by atoms with E-state index in [1.165, 1.54) is 12.8 Å². The summed E-state index contributed by atoms with van der Waals surface area (Å²) in [6.07, 6.45) is 7.21. The molecule has 1 fully saturated rings. The van der Waals surface area contributed by atoms with Gasteiger partial charge in [-0.15, -0.1) is 0 Å². The normalized spacial score (nSPS) is 26.7. The molecule has 0 N–H and O–H groups in total. The van der Waals surface area contributed by atoms with Crippen LogP contribution in [0.2, 0.25) is 5.02 Å². The van der Waals surface area contributed by atoms with E-state index in [-0.39, 0.29) is 11.9 Å². The van der Waals surface area contributed by atoms with Crippen LogP contribution in [0.25, 0.3) is 0 Å². The number of carbonyl (C=O) groups is 1. The van der Waals surface area contributed by atoms with E-state index >= 15 is 0 Å². The van der Waals surface area contributed by atoms with Crippen molar-refractivity contribution in [3.63, 3.8) is 0 Å². The van der Waals surface area contributed by atoms with Crippen molar-refractivity contribution in [3.8, 4) is 0 Å². The molecule has 0 spiro atoms. The molecule has 0 aliphatic heterocycles. The van der Waals surface area contributed by atoms with Gasteiger partial charge >= 0.3 is 0 Å². The maximum Gasteiger partial charge on any atom is 0.255 e. The predicted molar refractivity (Wildman–Crippen MR) is 95.6 cm³/mol. The number of allylic oxidation sites excluding steroid dienone is 2. The number of amides is 1. The molecule has 0 radical (unpaired) electrons. The lowest BCUT2D eigenvalue weighted by atomic mass is 9.91. The van der Waals surface area contributed by atoms with Crippen molar-refractivity contribution in [1.82, 2.24) is 4.90 Å². The van der Waals surface area contributed by atoms with Gasteiger partial charge in [0.05, 0.1) is 10.6 Å². The van der Waals surface area contributed by atoms with E-state index in [4.69, 9.17) is 11.6 Å². The largest absolute Gasteiger partial charge is 0.335 e. The second-order valence-corrected chi connectivity index (χ2v) is 7.87. The minimum absolute atomic E-state index is 0.0727. The first-order valence-electron chi connectivity index (χ1n) is 8.71. The number of halogens is 1. The molecular weight excluding hydrogens is 306 g/mol. The molecule has 4 atom stereocenters. The Kier molecular flexibility index (Phi) is 4.82. The van der Waals surface area contributed by atoms with E-state index in [9.17, 15) is 4.79 Å². The molecule has 23 heavy (non-hydrogen) atoms. The first-order chi connectivity index (χ1) is 11.0. The molecule has 2 aliphatic carbocycles. The number of hydrogen-bond donors (Lipinski definition) is 0. The minimum Gasteiger partial charge on any atom is -0.335 e. The summed E-state index contributed by atoms with van der Waals surface area (Å²) in [5.74, 6) is 2.48. The van der Waals surface area contributed by atoms with Crippen LogP contribution in [0, 0.1) is 23.7 Å². The Bertz CT molecular complexity index is 609. The van der Waals surface area contributed by atoms with Gasteiger partial charge in [-0.1, -0.05) is 49.7 Å². The van der Waals surface area contributed by atoms with Crippen LogP contribution in [-0.4, -0.2) is 23.4 Å². The van der Waals surface area contributed by atoms with Gasteiger partial charge in [-0.2, -0.15) is 0 Å². The Hall–Kier alpha value is -1.28. The zero-order valence-corrected chi connectivity index (χ0v) is 15.0. The second kappa shape index (κ2) is 6.68.